The van der Waals surface area contributed by atoms with E-state index in [0.29, 0.717) is 12.2 Å². The maximum atomic E-state index is 11.8. The first-order valence-electron chi connectivity index (χ1n) is 5.57. The number of nitrogens with zero attached hydrogens (tertiary/aromatic N) is 2. The molecule has 0 aliphatic carbocycles. The van der Waals surface area contributed by atoms with Crippen molar-refractivity contribution in [3.8, 4) is 0 Å². The molecule has 0 radical (unpaired) electrons. The number of hydrogen-bond acceptors (Lipinski definition) is 4. The average molecular weight is 242 g/mol. The molecule has 0 unspecified atom stereocenters. The van der Waals surface area contributed by atoms with Gasteiger partial charge in [0.25, 0.3) is 5.91 Å². The van der Waals surface area contributed by atoms with E-state index in [4.69, 9.17) is 5.73 Å². The van der Waals surface area contributed by atoms with Crippen molar-refractivity contribution < 1.29 is 4.79 Å². The number of nitrogens with two attached hydrogens (primary N) is 1. The molecule has 2 aromatic heterocycles. The van der Waals surface area contributed by atoms with E-state index in [1.807, 2.05) is 19.1 Å². The van der Waals surface area contributed by atoms with E-state index in [1.165, 1.54) is 0 Å². The second-order valence-electron chi connectivity index (χ2n) is 3.93. The topological polar surface area (TPSA) is 80.9 Å². The van der Waals surface area contributed by atoms with Crippen LogP contribution in [0.3, 0.4) is 0 Å². The lowest BCUT2D eigenvalue weighted by atomic mass is 10.2. The number of rotatable bonds is 3. The van der Waals surface area contributed by atoms with E-state index >= 15 is 0 Å². The van der Waals surface area contributed by atoms with Gasteiger partial charge in [-0.05, 0) is 30.7 Å². The Kier molecular flexibility index (Phi) is 3.52. The molecule has 3 N–H and O–H groups in total. The first kappa shape index (κ1) is 12.0. The normalized spacial score (nSPS) is 10.1. The fourth-order valence-corrected chi connectivity index (χ4v) is 1.48. The second-order valence-corrected chi connectivity index (χ2v) is 3.93. The van der Waals surface area contributed by atoms with E-state index in [2.05, 4.69) is 15.3 Å². The second kappa shape index (κ2) is 5.27. The number of pyridine rings is 2. The Balaban J connectivity index is 2.01. The van der Waals surface area contributed by atoms with E-state index in [0.717, 1.165) is 11.3 Å². The van der Waals surface area contributed by atoms with Crippen LogP contribution >= 0.6 is 0 Å². The average Bonchev–Trinajstić information content (AvgIpc) is 2.38. The highest BCUT2D eigenvalue weighted by Crippen LogP contribution is 2.07. The lowest BCUT2D eigenvalue weighted by Crippen LogP contribution is -2.24. The van der Waals surface area contributed by atoms with E-state index < -0.39 is 0 Å². The van der Waals surface area contributed by atoms with Crippen LogP contribution in [0.25, 0.3) is 0 Å². The zero-order chi connectivity index (χ0) is 13.0. The van der Waals surface area contributed by atoms with Crippen LogP contribution in [-0.4, -0.2) is 15.9 Å². The van der Waals surface area contributed by atoms with Crippen molar-refractivity contribution in [1.29, 1.82) is 0 Å². The molecule has 0 spiro atoms. The van der Waals surface area contributed by atoms with Crippen LogP contribution in [0.4, 0.5) is 5.69 Å². The molecule has 18 heavy (non-hydrogen) atoms. The molecule has 2 rings (SSSR count). The maximum Gasteiger partial charge on any atom is 0.272 e. The van der Waals surface area contributed by atoms with Crippen molar-refractivity contribution in [2.24, 2.45) is 0 Å². The van der Waals surface area contributed by atoms with Crippen molar-refractivity contribution in [2.75, 3.05) is 5.73 Å². The molecule has 2 aromatic rings. The Morgan fingerprint density at radius 1 is 1.33 bits per heavy atom. The summed E-state index contributed by atoms with van der Waals surface area (Å²) in [7, 11) is 0. The molecule has 2 heterocycles. The van der Waals surface area contributed by atoms with Gasteiger partial charge in [0, 0.05) is 24.6 Å². The molecule has 5 heteroatoms. The van der Waals surface area contributed by atoms with Crippen LogP contribution in [0, 0.1) is 6.92 Å². The van der Waals surface area contributed by atoms with Gasteiger partial charge in [-0.3, -0.25) is 9.78 Å². The van der Waals surface area contributed by atoms with Crippen LogP contribution in [0.1, 0.15) is 21.7 Å². The molecule has 0 atom stereocenters. The minimum absolute atomic E-state index is 0.248. The summed E-state index contributed by atoms with van der Waals surface area (Å²) >= 11 is 0. The van der Waals surface area contributed by atoms with Crippen molar-refractivity contribution in [2.45, 2.75) is 13.5 Å². The van der Waals surface area contributed by atoms with Gasteiger partial charge in [0.15, 0.2) is 5.69 Å². The summed E-state index contributed by atoms with van der Waals surface area (Å²) in [6, 6.07) is 7.16. The SMILES string of the molecule is Cc1ccc(CNC(=O)c2ncccc2N)cn1. The third kappa shape index (κ3) is 2.82. The molecule has 92 valence electrons. The summed E-state index contributed by atoms with van der Waals surface area (Å²) in [6.07, 6.45) is 3.27. The van der Waals surface area contributed by atoms with Crippen molar-refractivity contribution in [3.63, 3.8) is 0 Å². The molecular weight excluding hydrogens is 228 g/mol. The zero-order valence-corrected chi connectivity index (χ0v) is 10.1. The smallest absolute Gasteiger partial charge is 0.272 e. The van der Waals surface area contributed by atoms with Gasteiger partial charge in [0.05, 0.1) is 5.69 Å². The summed E-state index contributed by atoms with van der Waals surface area (Å²) < 4.78 is 0. The molecule has 0 saturated carbocycles. The molecule has 0 aliphatic heterocycles. The monoisotopic (exact) mass is 242 g/mol. The summed E-state index contributed by atoms with van der Waals surface area (Å²) in [6.45, 7) is 2.32. The fourth-order valence-electron chi connectivity index (χ4n) is 1.48. The Bertz CT molecular complexity index is 551. The molecule has 0 aliphatic rings. The van der Waals surface area contributed by atoms with Gasteiger partial charge in [0.2, 0.25) is 0 Å². The Morgan fingerprint density at radius 3 is 2.83 bits per heavy atom. The Morgan fingerprint density at radius 2 is 2.17 bits per heavy atom. The highest BCUT2D eigenvalue weighted by molar-refractivity contribution is 5.96. The molecular formula is C13H14N4O. The summed E-state index contributed by atoms with van der Waals surface area (Å²) in [5.41, 5.74) is 8.17. The maximum absolute atomic E-state index is 11.8. The van der Waals surface area contributed by atoms with Gasteiger partial charge < -0.3 is 11.1 Å². The number of anilines is 1. The number of nitrogens with one attached hydrogen (secondary N) is 1. The van der Waals surface area contributed by atoms with Gasteiger partial charge in [-0.1, -0.05) is 6.07 Å². The number of aromatic nitrogens is 2. The number of nitrogen functional groups attached to an aromatic ring is 1. The quantitative estimate of drug-likeness (QED) is 0.850. The van der Waals surface area contributed by atoms with Crippen LogP contribution in [-0.2, 0) is 6.54 Å². The van der Waals surface area contributed by atoms with Crippen LogP contribution in [0.5, 0.6) is 0 Å². The van der Waals surface area contributed by atoms with Crippen molar-refractivity contribution in [3.05, 3.63) is 53.6 Å². The van der Waals surface area contributed by atoms with Crippen molar-refractivity contribution in [1.82, 2.24) is 15.3 Å². The van der Waals surface area contributed by atoms with Gasteiger partial charge in [-0.25, -0.2) is 4.98 Å². The van der Waals surface area contributed by atoms with Crippen LogP contribution in [0.2, 0.25) is 0 Å². The highest BCUT2D eigenvalue weighted by atomic mass is 16.1. The third-order valence-corrected chi connectivity index (χ3v) is 2.48. The predicted octanol–water partition coefficient (Wildman–Crippen LogP) is 1.30. The highest BCUT2D eigenvalue weighted by Gasteiger charge is 2.09. The largest absolute Gasteiger partial charge is 0.397 e. The van der Waals surface area contributed by atoms with E-state index in [9.17, 15) is 4.79 Å². The van der Waals surface area contributed by atoms with Crippen molar-refractivity contribution >= 4 is 11.6 Å². The van der Waals surface area contributed by atoms with E-state index in [1.54, 1.807) is 24.5 Å². The van der Waals surface area contributed by atoms with Gasteiger partial charge in [0.1, 0.15) is 0 Å². The van der Waals surface area contributed by atoms with E-state index in [-0.39, 0.29) is 11.6 Å². The Labute approximate surface area is 105 Å². The summed E-state index contributed by atoms with van der Waals surface area (Å²) in [5, 5.41) is 2.75. The molecule has 1 amide bonds. The van der Waals surface area contributed by atoms with Crippen LogP contribution in [0.15, 0.2) is 36.7 Å². The third-order valence-electron chi connectivity index (χ3n) is 2.48. The standard InChI is InChI=1S/C13H14N4O/c1-9-4-5-10(7-16-9)8-17-13(18)12-11(14)3-2-6-15-12/h2-7H,8,14H2,1H3,(H,17,18). The lowest BCUT2D eigenvalue weighted by molar-refractivity contribution is 0.0947. The number of hydrogen-bond donors (Lipinski definition) is 2. The summed E-state index contributed by atoms with van der Waals surface area (Å²) in [5.74, 6) is -0.284. The van der Waals surface area contributed by atoms with Gasteiger partial charge >= 0.3 is 0 Å². The Hall–Kier alpha value is -2.43. The first-order valence-corrected chi connectivity index (χ1v) is 5.57. The zero-order valence-electron chi connectivity index (χ0n) is 10.1. The van der Waals surface area contributed by atoms with Gasteiger partial charge in [-0.15, -0.1) is 0 Å². The first-order chi connectivity index (χ1) is 8.66. The predicted molar refractivity (Wildman–Crippen MR) is 68.8 cm³/mol. The minimum atomic E-state index is -0.284. The molecule has 5 nitrogen and oxygen atoms in total. The van der Waals surface area contributed by atoms with Crippen LogP contribution < -0.4 is 11.1 Å². The number of aryl methyl sites for hydroxylation is 1. The minimum Gasteiger partial charge on any atom is -0.397 e. The molecule has 0 aromatic carbocycles. The number of amides is 1. The van der Waals surface area contributed by atoms with Gasteiger partial charge in [-0.2, -0.15) is 0 Å². The number of carbonyl (C=O) groups is 1. The molecule has 0 saturated heterocycles. The molecule has 0 fully saturated rings. The fraction of sp³-hybridized carbons (Fsp3) is 0.154. The molecule has 0 bridgehead atoms. The summed E-state index contributed by atoms with van der Waals surface area (Å²) in [4.78, 5) is 19.9. The lowest BCUT2D eigenvalue weighted by Gasteiger charge is -2.06. The number of carbonyl (C=O) groups excluding carboxylic acids is 1.